The molecule has 1 aliphatic heterocycles. The topological polar surface area (TPSA) is 101 Å². The van der Waals surface area contributed by atoms with Gasteiger partial charge in [-0.2, -0.15) is 0 Å². The molecule has 2 amide bonds. The van der Waals surface area contributed by atoms with Crippen molar-refractivity contribution in [3.63, 3.8) is 0 Å². The molecule has 3 rings (SSSR count). The molecular weight excluding hydrogens is 318 g/mol. The van der Waals surface area contributed by atoms with Gasteiger partial charge in [0.2, 0.25) is 5.91 Å². The van der Waals surface area contributed by atoms with Crippen LogP contribution in [0.5, 0.6) is 0 Å². The van der Waals surface area contributed by atoms with E-state index in [1.807, 2.05) is 20.8 Å². The second-order valence-corrected chi connectivity index (χ2v) is 6.46. The minimum absolute atomic E-state index is 0.157. The van der Waals surface area contributed by atoms with E-state index in [0.717, 1.165) is 16.9 Å². The summed E-state index contributed by atoms with van der Waals surface area (Å²) >= 11 is 0. The third kappa shape index (κ3) is 3.32. The van der Waals surface area contributed by atoms with Gasteiger partial charge in [-0.15, -0.1) is 0 Å². The number of hydrogen-bond donors (Lipinski definition) is 2. The lowest BCUT2D eigenvalue weighted by Crippen LogP contribution is -2.45. The van der Waals surface area contributed by atoms with Gasteiger partial charge in [0.1, 0.15) is 6.04 Å². The number of carbonyl (C=O) groups excluding carboxylic acids is 2. The second kappa shape index (κ2) is 6.76. The first-order valence-electron chi connectivity index (χ1n) is 8.50. The third-order valence-electron chi connectivity index (χ3n) is 4.57. The molecule has 1 saturated heterocycles. The number of aryl methyl sites for hydroxylation is 2. The highest BCUT2D eigenvalue weighted by atomic mass is 16.2. The highest BCUT2D eigenvalue weighted by molar-refractivity contribution is 6.00. The van der Waals surface area contributed by atoms with Crippen LogP contribution in [0, 0.1) is 13.8 Å². The molecule has 0 spiro atoms. The maximum absolute atomic E-state index is 12.9. The number of likely N-dealkylation sites (N-methyl/N-ethyl adjacent to an activating group) is 1. The zero-order chi connectivity index (χ0) is 18.1. The zero-order valence-electron chi connectivity index (χ0n) is 14.7. The standard InChI is InChI=1S/C18H23N5O2/c1-4-20-17(24)16-8-13(19)9-23(16)18(25)12-5-6-14-15(7-12)22-11(3)10(2)21-14/h5-7,13,16H,4,8-9,19H2,1-3H3,(H,20,24)/t13-,16+/m1/s1. The van der Waals surface area contributed by atoms with Crippen molar-refractivity contribution >= 4 is 22.8 Å². The second-order valence-electron chi connectivity index (χ2n) is 6.46. The normalized spacial score (nSPS) is 20.1. The molecule has 3 N–H and O–H groups in total. The average Bonchev–Trinajstić information content (AvgIpc) is 2.97. The molecule has 2 heterocycles. The van der Waals surface area contributed by atoms with Crippen LogP contribution in [0.25, 0.3) is 11.0 Å². The summed E-state index contributed by atoms with van der Waals surface area (Å²) in [6, 6.07) is 4.53. The predicted octanol–water partition coefficient (Wildman–Crippen LogP) is 0.925. The van der Waals surface area contributed by atoms with E-state index < -0.39 is 6.04 Å². The molecule has 0 saturated carbocycles. The van der Waals surface area contributed by atoms with E-state index in [4.69, 9.17) is 5.73 Å². The van der Waals surface area contributed by atoms with Gasteiger partial charge in [0.05, 0.1) is 22.4 Å². The lowest BCUT2D eigenvalue weighted by Gasteiger charge is -2.23. The Kier molecular flexibility index (Phi) is 4.67. The molecule has 2 aromatic rings. The van der Waals surface area contributed by atoms with Crippen LogP contribution in [-0.4, -0.2) is 51.9 Å². The van der Waals surface area contributed by atoms with E-state index in [-0.39, 0.29) is 17.9 Å². The largest absolute Gasteiger partial charge is 0.355 e. The van der Waals surface area contributed by atoms with Crippen LogP contribution in [0.1, 0.15) is 35.1 Å². The summed E-state index contributed by atoms with van der Waals surface area (Å²) in [4.78, 5) is 35.7. The van der Waals surface area contributed by atoms with Gasteiger partial charge in [-0.25, -0.2) is 9.97 Å². The van der Waals surface area contributed by atoms with Crippen molar-refractivity contribution in [2.24, 2.45) is 5.73 Å². The molecule has 1 fully saturated rings. The molecule has 1 aromatic heterocycles. The van der Waals surface area contributed by atoms with Gasteiger partial charge < -0.3 is 16.0 Å². The van der Waals surface area contributed by atoms with Gasteiger partial charge in [-0.1, -0.05) is 0 Å². The Labute approximate surface area is 146 Å². The zero-order valence-corrected chi connectivity index (χ0v) is 14.7. The Morgan fingerprint density at radius 1 is 1.24 bits per heavy atom. The number of fused-ring (bicyclic) bond motifs is 1. The number of benzene rings is 1. The van der Waals surface area contributed by atoms with Crippen LogP contribution in [-0.2, 0) is 4.79 Å². The van der Waals surface area contributed by atoms with Gasteiger partial charge in [0, 0.05) is 24.7 Å². The molecule has 25 heavy (non-hydrogen) atoms. The van der Waals surface area contributed by atoms with Crippen LogP contribution in [0.2, 0.25) is 0 Å². The molecular formula is C18H23N5O2. The number of aromatic nitrogens is 2. The highest BCUT2D eigenvalue weighted by Crippen LogP contribution is 2.22. The van der Waals surface area contributed by atoms with Gasteiger partial charge in [0.25, 0.3) is 5.91 Å². The maximum atomic E-state index is 12.9. The van der Waals surface area contributed by atoms with Crippen molar-refractivity contribution in [1.29, 1.82) is 0 Å². The van der Waals surface area contributed by atoms with Crippen molar-refractivity contribution < 1.29 is 9.59 Å². The number of likely N-dealkylation sites (tertiary alicyclic amines) is 1. The number of hydrogen-bond acceptors (Lipinski definition) is 5. The maximum Gasteiger partial charge on any atom is 0.254 e. The van der Waals surface area contributed by atoms with E-state index in [1.165, 1.54) is 0 Å². The Bertz CT molecular complexity index is 836. The van der Waals surface area contributed by atoms with Crippen LogP contribution in [0.4, 0.5) is 0 Å². The van der Waals surface area contributed by atoms with E-state index in [1.54, 1.807) is 23.1 Å². The summed E-state index contributed by atoms with van der Waals surface area (Å²) in [7, 11) is 0. The SMILES string of the molecule is CCNC(=O)[C@@H]1C[C@@H](N)CN1C(=O)c1ccc2nc(C)c(C)nc2c1. The van der Waals surface area contributed by atoms with Crippen molar-refractivity contribution in [2.75, 3.05) is 13.1 Å². The molecule has 1 aromatic carbocycles. The monoisotopic (exact) mass is 341 g/mol. The molecule has 0 bridgehead atoms. The smallest absolute Gasteiger partial charge is 0.254 e. The van der Waals surface area contributed by atoms with Crippen molar-refractivity contribution in [2.45, 2.75) is 39.3 Å². The Morgan fingerprint density at radius 3 is 2.60 bits per heavy atom. The number of carbonyl (C=O) groups is 2. The fourth-order valence-corrected chi connectivity index (χ4v) is 3.16. The Balaban J connectivity index is 1.92. The number of nitrogens with two attached hydrogens (primary N) is 1. The lowest BCUT2D eigenvalue weighted by atomic mass is 10.1. The highest BCUT2D eigenvalue weighted by Gasteiger charge is 2.38. The first-order chi connectivity index (χ1) is 11.9. The lowest BCUT2D eigenvalue weighted by molar-refractivity contribution is -0.124. The number of rotatable bonds is 3. The van der Waals surface area contributed by atoms with Crippen molar-refractivity contribution in [1.82, 2.24) is 20.2 Å². The fourth-order valence-electron chi connectivity index (χ4n) is 3.16. The van der Waals surface area contributed by atoms with E-state index >= 15 is 0 Å². The van der Waals surface area contributed by atoms with Crippen molar-refractivity contribution in [3.05, 3.63) is 35.2 Å². The molecule has 7 nitrogen and oxygen atoms in total. The van der Waals surface area contributed by atoms with Gasteiger partial charge >= 0.3 is 0 Å². The van der Waals surface area contributed by atoms with Gasteiger partial charge in [-0.05, 0) is 45.4 Å². The van der Waals surface area contributed by atoms with E-state index in [9.17, 15) is 9.59 Å². The summed E-state index contributed by atoms with van der Waals surface area (Å²) in [5, 5.41) is 2.78. The summed E-state index contributed by atoms with van der Waals surface area (Å²) in [6.45, 7) is 6.55. The molecule has 1 aliphatic rings. The van der Waals surface area contributed by atoms with E-state index in [2.05, 4.69) is 15.3 Å². The average molecular weight is 341 g/mol. The molecule has 2 atom stereocenters. The summed E-state index contributed by atoms with van der Waals surface area (Å²) in [5.41, 5.74) is 9.61. The minimum Gasteiger partial charge on any atom is -0.355 e. The Morgan fingerprint density at radius 2 is 1.92 bits per heavy atom. The molecule has 0 aliphatic carbocycles. The minimum atomic E-state index is -0.524. The first kappa shape index (κ1) is 17.3. The first-order valence-corrected chi connectivity index (χ1v) is 8.50. The quantitative estimate of drug-likeness (QED) is 0.865. The number of amides is 2. The predicted molar refractivity (Wildman–Crippen MR) is 95.1 cm³/mol. The van der Waals surface area contributed by atoms with E-state index in [0.29, 0.717) is 30.6 Å². The van der Waals surface area contributed by atoms with Crippen LogP contribution in [0.15, 0.2) is 18.2 Å². The molecule has 0 radical (unpaired) electrons. The molecule has 132 valence electrons. The number of nitrogens with zero attached hydrogens (tertiary/aromatic N) is 3. The summed E-state index contributed by atoms with van der Waals surface area (Å²) in [6.07, 6.45) is 0.475. The van der Waals surface area contributed by atoms with Gasteiger partial charge in [0.15, 0.2) is 0 Å². The van der Waals surface area contributed by atoms with Crippen molar-refractivity contribution in [3.8, 4) is 0 Å². The molecule has 0 unspecified atom stereocenters. The summed E-state index contributed by atoms with van der Waals surface area (Å²) < 4.78 is 0. The molecule has 7 heteroatoms. The number of nitrogens with one attached hydrogen (secondary N) is 1. The van der Waals surface area contributed by atoms with Crippen LogP contribution in [0.3, 0.4) is 0 Å². The third-order valence-corrected chi connectivity index (χ3v) is 4.57. The van der Waals surface area contributed by atoms with Gasteiger partial charge in [-0.3, -0.25) is 9.59 Å². The Hall–Kier alpha value is -2.54. The van der Waals surface area contributed by atoms with Crippen LogP contribution >= 0.6 is 0 Å². The summed E-state index contributed by atoms with van der Waals surface area (Å²) in [5.74, 6) is -0.359. The fraction of sp³-hybridized carbons (Fsp3) is 0.444. The van der Waals surface area contributed by atoms with Crippen LogP contribution < -0.4 is 11.1 Å².